The minimum absolute atomic E-state index is 0.594. The highest BCUT2D eigenvalue weighted by Gasteiger charge is 2.16. The first kappa shape index (κ1) is 15.4. The standard InChI is InChI=1S/C15H26N4S/c1-2-18(10-9-15(16)20)12-13-8-11-19(17-13)14-6-4-3-5-7-14/h8,11,14H,2-7,9-10,12H2,1H3,(H2,16,20). The summed E-state index contributed by atoms with van der Waals surface area (Å²) in [7, 11) is 0. The average Bonchev–Trinajstić information content (AvgIpc) is 2.92. The second kappa shape index (κ2) is 7.74. The Kier molecular flexibility index (Phi) is 5.98. The van der Waals surface area contributed by atoms with E-state index in [-0.39, 0.29) is 0 Å². The summed E-state index contributed by atoms with van der Waals surface area (Å²) in [5, 5.41) is 4.76. The van der Waals surface area contributed by atoms with Gasteiger partial charge in [-0.15, -0.1) is 0 Å². The lowest BCUT2D eigenvalue weighted by Gasteiger charge is -2.22. The lowest BCUT2D eigenvalue weighted by Crippen LogP contribution is -2.27. The summed E-state index contributed by atoms with van der Waals surface area (Å²) in [6.07, 6.45) is 9.55. The monoisotopic (exact) mass is 294 g/mol. The Bertz CT molecular complexity index is 423. The molecule has 0 aromatic carbocycles. The Labute approximate surface area is 127 Å². The topological polar surface area (TPSA) is 47.1 Å². The van der Waals surface area contributed by atoms with E-state index in [9.17, 15) is 0 Å². The van der Waals surface area contributed by atoms with E-state index in [1.54, 1.807) is 0 Å². The molecule has 1 aromatic rings. The first-order chi connectivity index (χ1) is 9.69. The van der Waals surface area contributed by atoms with E-state index in [0.717, 1.165) is 31.7 Å². The molecule has 1 fully saturated rings. The Balaban J connectivity index is 1.88. The van der Waals surface area contributed by atoms with Gasteiger partial charge in [0.2, 0.25) is 0 Å². The molecule has 1 aliphatic carbocycles. The second-order valence-electron chi connectivity index (χ2n) is 5.66. The third-order valence-corrected chi connectivity index (χ3v) is 4.32. The molecule has 0 amide bonds. The van der Waals surface area contributed by atoms with Crippen LogP contribution in [0.1, 0.15) is 57.2 Å². The fourth-order valence-electron chi connectivity index (χ4n) is 2.86. The van der Waals surface area contributed by atoms with Gasteiger partial charge >= 0.3 is 0 Å². The van der Waals surface area contributed by atoms with Gasteiger partial charge in [-0.05, 0) is 25.5 Å². The molecule has 4 nitrogen and oxygen atoms in total. The van der Waals surface area contributed by atoms with E-state index in [1.807, 2.05) is 0 Å². The normalized spacial score (nSPS) is 16.7. The second-order valence-corrected chi connectivity index (χ2v) is 6.19. The Morgan fingerprint density at radius 2 is 2.20 bits per heavy atom. The maximum absolute atomic E-state index is 5.58. The summed E-state index contributed by atoms with van der Waals surface area (Å²) in [4.78, 5) is 2.93. The first-order valence-electron chi connectivity index (χ1n) is 7.73. The van der Waals surface area contributed by atoms with Gasteiger partial charge in [-0.25, -0.2) is 0 Å². The molecule has 1 aromatic heterocycles. The Morgan fingerprint density at radius 1 is 1.45 bits per heavy atom. The predicted octanol–water partition coefficient (Wildman–Crippen LogP) is 2.89. The molecule has 0 saturated heterocycles. The highest BCUT2D eigenvalue weighted by atomic mass is 32.1. The largest absolute Gasteiger partial charge is 0.393 e. The van der Waals surface area contributed by atoms with Crippen molar-refractivity contribution in [1.29, 1.82) is 0 Å². The lowest BCUT2D eigenvalue weighted by molar-refractivity contribution is 0.279. The number of rotatable bonds is 7. The number of hydrogen-bond donors (Lipinski definition) is 1. The lowest BCUT2D eigenvalue weighted by atomic mass is 9.96. The van der Waals surface area contributed by atoms with Crippen LogP contribution in [0.15, 0.2) is 12.3 Å². The zero-order valence-electron chi connectivity index (χ0n) is 12.4. The molecule has 2 rings (SSSR count). The average molecular weight is 294 g/mol. The van der Waals surface area contributed by atoms with Gasteiger partial charge in [0, 0.05) is 25.7 Å². The molecule has 2 N–H and O–H groups in total. The number of hydrogen-bond acceptors (Lipinski definition) is 3. The zero-order chi connectivity index (χ0) is 14.4. The molecule has 5 heteroatoms. The molecule has 0 atom stereocenters. The number of nitrogens with zero attached hydrogens (tertiary/aromatic N) is 3. The van der Waals surface area contributed by atoms with Crippen LogP contribution in [-0.2, 0) is 6.54 Å². The van der Waals surface area contributed by atoms with Gasteiger partial charge in [0.15, 0.2) is 0 Å². The van der Waals surface area contributed by atoms with Crippen molar-refractivity contribution in [3.63, 3.8) is 0 Å². The van der Waals surface area contributed by atoms with Crippen molar-refractivity contribution >= 4 is 17.2 Å². The van der Waals surface area contributed by atoms with E-state index < -0.39 is 0 Å². The van der Waals surface area contributed by atoms with Crippen molar-refractivity contribution in [2.75, 3.05) is 13.1 Å². The van der Waals surface area contributed by atoms with Crippen LogP contribution in [-0.4, -0.2) is 32.8 Å². The first-order valence-corrected chi connectivity index (χ1v) is 8.14. The predicted molar refractivity (Wildman–Crippen MR) is 86.7 cm³/mol. The van der Waals surface area contributed by atoms with Crippen LogP contribution >= 0.6 is 12.2 Å². The van der Waals surface area contributed by atoms with Crippen LogP contribution in [0, 0.1) is 0 Å². The maximum atomic E-state index is 5.58. The highest BCUT2D eigenvalue weighted by Crippen LogP contribution is 2.27. The van der Waals surface area contributed by atoms with Gasteiger partial charge in [-0.1, -0.05) is 38.4 Å². The van der Waals surface area contributed by atoms with Gasteiger partial charge in [0.1, 0.15) is 0 Å². The summed E-state index contributed by atoms with van der Waals surface area (Å²) in [6, 6.07) is 2.77. The summed E-state index contributed by atoms with van der Waals surface area (Å²) in [6.45, 7) is 4.97. The van der Waals surface area contributed by atoms with Gasteiger partial charge in [-0.2, -0.15) is 5.10 Å². The van der Waals surface area contributed by atoms with E-state index in [1.165, 1.54) is 32.1 Å². The molecular weight excluding hydrogens is 268 g/mol. The van der Waals surface area contributed by atoms with Crippen molar-refractivity contribution in [2.45, 2.75) is 58.0 Å². The smallest absolute Gasteiger partial charge is 0.0764 e. The van der Waals surface area contributed by atoms with Crippen LogP contribution in [0.25, 0.3) is 0 Å². The zero-order valence-corrected chi connectivity index (χ0v) is 13.2. The highest BCUT2D eigenvalue weighted by molar-refractivity contribution is 7.80. The van der Waals surface area contributed by atoms with Crippen molar-refractivity contribution in [1.82, 2.24) is 14.7 Å². The molecule has 0 unspecified atom stereocenters. The van der Waals surface area contributed by atoms with Crippen molar-refractivity contribution in [2.24, 2.45) is 5.73 Å². The van der Waals surface area contributed by atoms with E-state index >= 15 is 0 Å². The van der Waals surface area contributed by atoms with Gasteiger partial charge in [0.25, 0.3) is 0 Å². The number of aromatic nitrogens is 2. The van der Waals surface area contributed by atoms with Gasteiger partial charge < -0.3 is 5.73 Å². The third-order valence-electron chi connectivity index (χ3n) is 4.12. The number of thiocarbonyl (C=S) groups is 1. The summed E-state index contributed by atoms with van der Waals surface area (Å²) in [5.41, 5.74) is 6.73. The molecule has 0 radical (unpaired) electrons. The van der Waals surface area contributed by atoms with Gasteiger partial charge in [0.05, 0.1) is 16.7 Å². The molecule has 20 heavy (non-hydrogen) atoms. The van der Waals surface area contributed by atoms with Gasteiger partial charge in [-0.3, -0.25) is 9.58 Å². The van der Waals surface area contributed by atoms with Crippen LogP contribution < -0.4 is 5.73 Å². The molecular formula is C15H26N4S. The van der Waals surface area contributed by atoms with Crippen LogP contribution in [0.3, 0.4) is 0 Å². The fourth-order valence-corrected chi connectivity index (χ4v) is 2.95. The summed E-state index contributed by atoms with van der Waals surface area (Å²) in [5.74, 6) is 0. The fraction of sp³-hybridized carbons (Fsp3) is 0.733. The molecule has 1 aliphatic rings. The molecule has 112 valence electrons. The van der Waals surface area contributed by atoms with Crippen LogP contribution in [0.5, 0.6) is 0 Å². The van der Waals surface area contributed by atoms with Crippen molar-refractivity contribution in [3.05, 3.63) is 18.0 Å². The van der Waals surface area contributed by atoms with Crippen molar-refractivity contribution < 1.29 is 0 Å². The summed E-state index contributed by atoms with van der Waals surface area (Å²) < 4.78 is 2.18. The minimum Gasteiger partial charge on any atom is -0.393 e. The van der Waals surface area contributed by atoms with Crippen LogP contribution in [0.4, 0.5) is 0 Å². The molecule has 1 heterocycles. The van der Waals surface area contributed by atoms with Crippen molar-refractivity contribution in [3.8, 4) is 0 Å². The Hall–Kier alpha value is -0.940. The molecule has 0 aliphatic heterocycles. The van der Waals surface area contributed by atoms with E-state index in [0.29, 0.717) is 11.0 Å². The Morgan fingerprint density at radius 3 is 2.85 bits per heavy atom. The molecule has 0 spiro atoms. The van der Waals surface area contributed by atoms with Crippen LogP contribution in [0.2, 0.25) is 0 Å². The molecule has 1 saturated carbocycles. The summed E-state index contributed by atoms with van der Waals surface area (Å²) >= 11 is 4.95. The third kappa shape index (κ3) is 4.56. The maximum Gasteiger partial charge on any atom is 0.0764 e. The quantitative estimate of drug-likeness (QED) is 0.786. The number of nitrogens with two attached hydrogens (primary N) is 1. The van der Waals surface area contributed by atoms with E-state index in [2.05, 4.69) is 28.8 Å². The minimum atomic E-state index is 0.594. The van der Waals surface area contributed by atoms with E-state index in [4.69, 9.17) is 23.1 Å². The SMILES string of the molecule is CCN(CCC(N)=S)Cc1ccn(C2CCCCC2)n1. The molecule has 0 bridgehead atoms.